The lowest BCUT2D eigenvalue weighted by Crippen LogP contribution is -2.15. The minimum atomic E-state index is -0.0896. The van der Waals surface area contributed by atoms with Gasteiger partial charge < -0.3 is 0 Å². The highest BCUT2D eigenvalue weighted by Gasteiger charge is 2.37. The van der Waals surface area contributed by atoms with Gasteiger partial charge in [-0.3, -0.25) is 13.2 Å². The van der Waals surface area contributed by atoms with Crippen LogP contribution in [0.5, 0.6) is 0 Å². The van der Waals surface area contributed by atoms with Crippen LogP contribution in [0.25, 0.3) is 291 Å². The molecule has 7 heterocycles. The molecule has 0 spiro atoms. The average molecular weight is 1860 g/mol. The van der Waals surface area contributed by atoms with Crippen molar-refractivity contribution >= 4 is 201 Å². The Hall–Kier alpha value is -19.1. The molecule has 0 amide bonds. The van der Waals surface area contributed by atoms with Crippen molar-refractivity contribution in [1.29, 1.82) is 0 Å². The van der Waals surface area contributed by atoms with Crippen molar-refractivity contribution in [1.82, 2.24) is 33.1 Å². The smallest absolute Gasteiger partial charge is 0.147 e. The molecule has 0 unspecified atom stereocenters. The van der Waals surface area contributed by atoms with Gasteiger partial charge in [0.2, 0.25) is 0 Å². The van der Waals surface area contributed by atoms with Crippen molar-refractivity contribution in [2.75, 3.05) is 0 Å². The number of nitrogens with zero attached hydrogens (tertiary/aromatic N) is 7. The summed E-state index contributed by atoms with van der Waals surface area (Å²) in [5, 5.41) is 29.3. The molecule has 1 aliphatic rings. The third-order valence-electron chi connectivity index (χ3n) is 31.4. The van der Waals surface area contributed by atoms with Crippen molar-refractivity contribution in [3.63, 3.8) is 0 Å². The molecule has 0 fully saturated rings. The van der Waals surface area contributed by atoms with Crippen LogP contribution in [-0.4, -0.2) is 33.1 Å². The molecule has 7 aromatic heterocycles. The standard InChI is InChI=1S/C48H29N3.C46H30N2.C45H28N2/c1-2-10-31(11-3-1)41-29-43(49-42-17-9-8-16-38(41)42)34-20-18-30(19-21-34)35-23-25-39-40-26-22-32-12-4-6-14-36(32)46(40)48-50-47-37-15-7-5-13-33(37)24-27-44(47)51(48)45(39)28-35;1-46(2)38-23-18-28-10-3-6-12-32(28)42(38)37-22-17-30(25-39(37)46)31-16-20-35-36-21-15-27-9-4-7-13-33(27)43(36)45-47-44-34-14-8-5-11-29(34)19-24-40(44)48(45)41(35)26-31;1-2-8-29(9-3-1)30-14-16-31(17-15-30)32-18-20-33(21-19-32)36-23-25-39-40-26-22-34-10-4-6-12-37(34)43(40)45-46-44-38-13-7-5-11-35(38)24-27-41(44)47(45)42(39)28-36/h1-29H;3-26H,1-2H3;1-28H. The van der Waals surface area contributed by atoms with E-state index in [1.165, 1.54) is 213 Å². The van der Waals surface area contributed by atoms with Crippen molar-refractivity contribution in [2.24, 2.45) is 0 Å². The summed E-state index contributed by atoms with van der Waals surface area (Å²) >= 11 is 0. The second kappa shape index (κ2) is 32.5. The maximum absolute atomic E-state index is 5.45. The zero-order chi connectivity index (χ0) is 96.1. The van der Waals surface area contributed by atoms with Crippen LogP contribution in [0.15, 0.2) is 491 Å². The molecule has 7 heteroatoms. The van der Waals surface area contributed by atoms with Crippen LogP contribution in [0.3, 0.4) is 0 Å². The molecule has 0 radical (unpaired) electrons. The fourth-order valence-corrected chi connectivity index (χ4v) is 24.3. The molecule has 678 valence electrons. The summed E-state index contributed by atoms with van der Waals surface area (Å²) in [6.07, 6.45) is 0. The number of aromatic nitrogens is 7. The maximum Gasteiger partial charge on any atom is 0.147 e. The van der Waals surface area contributed by atoms with E-state index in [0.29, 0.717) is 0 Å². The highest BCUT2D eigenvalue weighted by Crippen LogP contribution is 2.54. The lowest BCUT2D eigenvalue weighted by atomic mass is 9.81. The first-order chi connectivity index (χ1) is 72.1. The molecule has 1 aliphatic carbocycles. The zero-order valence-electron chi connectivity index (χ0n) is 79.9. The molecular formula is C139H87N7. The predicted octanol–water partition coefficient (Wildman–Crippen LogP) is 37.0. The molecule has 146 heavy (non-hydrogen) atoms. The molecule has 0 N–H and O–H groups in total. The second-order valence-corrected chi connectivity index (χ2v) is 39.7. The van der Waals surface area contributed by atoms with Gasteiger partial charge in [0.25, 0.3) is 0 Å². The summed E-state index contributed by atoms with van der Waals surface area (Å²) in [7, 11) is 0. The van der Waals surface area contributed by atoms with Crippen LogP contribution in [-0.2, 0) is 5.41 Å². The zero-order valence-corrected chi connectivity index (χ0v) is 79.9. The van der Waals surface area contributed by atoms with E-state index in [0.717, 1.165) is 88.8 Å². The van der Waals surface area contributed by atoms with E-state index in [2.05, 4.69) is 518 Å². The first-order valence-corrected chi connectivity index (χ1v) is 50.4. The quantitative estimate of drug-likeness (QED) is 0.149. The van der Waals surface area contributed by atoms with E-state index in [4.69, 9.17) is 19.9 Å². The highest BCUT2D eigenvalue weighted by atomic mass is 15.0. The third kappa shape index (κ3) is 12.9. The summed E-state index contributed by atoms with van der Waals surface area (Å²) in [5.74, 6) is 0. The lowest BCUT2D eigenvalue weighted by molar-refractivity contribution is 0.661. The normalized spacial score (nSPS) is 12.5. The molecule has 0 atom stereocenters. The Bertz CT molecular complexity index is 11000. The number of benzene rings is 24. The number of para-hydroxylation sites is 1. The van der Waals surface area contributed by atoms with Crippen LogP contribution >= 0.6 is 0 Å². The molecular weight excluding hydrogens is 1770 g/mol. The first kappa shape index (κ1) is 82.8. The Kier molecular flexibility index (Phi) is 18.4. The van der Waals surface area contributed by atoms with Crippen molar-refractivity contribution in [2.45, 2.75) is 19.3 Å². The molecule has 31 aromatic rings. The number of pyridine rings is 4. The van der Waals surface area contributed by atoms with Gasteiger partial charge in [0, 0.05) is 64.8 Å². The Balaban J connectivity index is 0.000000102. The largest absolute Gasteiger partial charge is 0.292 e. The van der Waals surface area contributed by atoms with Crippen LogP contribution < -0.4 is 0 Å². The maximum atomic E-state index is 5.45. The molecule has 24 aromatic carbocycles. The van der Waals surface area contributed by atoms with Gasteiger partial charge in [-0.15, -0.1) is 0 Å². The Morgan fingerprint density at radius 1 is 0.171 bits per heavy atom. The topological polar surface area (TPSA) is 64.8 Å². The molecule has 7 nitrogen and oxygen atoms in total. The van der Waals surface area contributed by atoms with Crippen LogP contribution in [0.4, 0.5) is 0 Å². The summed E-state index contributed by atoms with van der Waals surface area (Å²) in [5.41, 5.74) is 35.9. The minimum absolute atomic E-state index is 0.0896. The van der Waals surface area contributed by atoms with E-state index in [1.54, 1.807) is 0 Å². The van der Waals surface area contributed by atoms with Crippen LogP contribution in [0.2, 0.25) is 0 Å². The Morgan fingerprint density at radius 2 is 0.459 bits per heavy atom. The van der Waals surface area contributed by atoms with Gasteiger partial charge in [0.1, 0.15) is 16.9 Å². The van der Waals surface area contributed by atoms with Gasteiger partial charge in [0.15, 0.2) is 0 Å². The second-order valence-electron chi connectivity index (χ2n) is 39.7. The van der Waals surface area contributed by atoms with Crippen molar-refractivity contribution in [3.8, 4) is 89.1 Å². The van der Waals surface area contributed by atoms with E-state index < -0.39 is 0 Å². The average Bonchev–Trinajstić information content (AvgIpc) is 1.54. The van der Waals surface area contributed by atoms with Crippen molar-refractivity contribution in [3.05, 3.63) is 503 Å². The summed E-state index contributed by atoms with van der Waals surface area (Å²) < 4.78 is 7.18. The fraction of sp³-hybridized carbons (Fsp3) is 0.0216. The summed E-state index contributed by atoms with van der Waals surface area (Å²) in [6.45, 7) is 4.75. The van der Waals surface area contributed by atoms with Gasteiger partial charge in [-0.05, 0) is 219 Å². The van der Waals surface area contributed by atoms with E-state index in [1.807, 2.05) is 0 Å². The Labute approximate surface area is 839 Å². The van der Waals surface area contributed by atoms with Crippen LogP contribution in [0.1, 0.15) is 25.0 Å². The monoisotopic (exact) mass is 1850 g/mol. The number of hydrogen-bond acceptors (Lipinski definition) is 4. The van der Waals surface area contributed by atoms with Crippen molar-refractivity contribution < 1.29 is 0 Å². The third-order valence-corrected chi connectivity index (χ3v) is 31.4. The molecule has 32 rings (SSSR count). The van der Waals surface area contributed by atoms with Gasteiger partial charge in [-0.25, -0.2) is 19.9 Å². The Morgan fingerprint density at radius 3 is 0.877 bits per heavy atom. The SMILES string of the molecule is CC1(C)c2cc(-c3ccc4c5ccc6ccccc6c5c5nc6c7ccccc7ccc6n5c4c3)ccc2-c2c1ccc1ccccc21.c1ccc(-c2cc(-c3ccc(-c4ccc5c6ccc7ccccc7c6c6nc7c8ccccc8ccc7n6c5c4)cc3)nc3ccccc23)cc1.c1ccc(-c2ccc(-c3ccc(-c4ccc5c6ccc7ccccc7c6c6nc7c8ccccc8ccc7n6c5c4)cc3)cc2)cc1. The molecule has 0 saturated carbocycles. The number of imidazole rings is 3. The minimum Gasteiger partial charge on any atom is -0.292 e. The van der Waals surface area contributed by atoms with E-state index >= 15 is 0 Å². The predicted molar refractivity (Wildman–Crippen MR) is 617 cm³/mol. The number of rotatable bonds is 7. The highest BCUT2D eigenvalue weighted by molar-refractivity contribution is 6.28. The molecule has 0 bridgehead atoms. The molecule has 0 saturated heterocycles. The first-order valence-electron chi connectivity index (χ1n) is 50.4. The van der Waals surface area contributed by atoms with Gasteiger partial charge in [0.05, 0.1) is 60.9 Å². The number of fused-ring (bicyclic) bond motifs is 42. The molecule has 0 aliphatic heterocycles. The fourth-order valence-electron chi connectivity index (χ4n) is 24.3. The summed E-state index contributed by atoms with van der Waals surface area (Å²) in [6, 6.07) is 178. The van der Waals surface area contributed by atoms with E-state index in [-0.39, 0.29) is 5.41 Å². The number of hydrogen-bond donors (Lipinski definition) is 0. The van der Waals surface area contributed by atoms with Crippen LogP contribution in [0, 0.1) is 0 Å². The summed E-state index contributed by atoms with van der Waals surface area (Å²) in [4.78, 5) is 21.4. The van der Waals surface area contributed by atoms with Gasteiger partial charge in [-0.1, -0.05) is 451 Å². The van der Waals surface area contributed by atoms with Gasteiger partial charge >= 0.3 is 0 Å². The van der Waals surface area contributed by atoms with E-state index in [9.17, 15) is 0 Å². The lowest BCUT2D eigenvalue weighted by Gasteiger charge is -2.22. The van der Waals surface area contributed by atoms with Gasteiger partial charge in [-0.2, -0.15) is 0 Å².